The smallest absolute Gasteiger partial charge is 0.331 e. The minimum absolute atomic E-state index is 0.175. The molecule has 5 heteroatoms. The average molecular weight is 328 g/mol. The fraction of sp³-hybridized carbons (Fsp3) is 0.474. The van der Waals surface area contributed by atoms with Crippen molar-refractivity contribution in [3.63, 3.8) is 0 Å². The van der Waals surface area contributed by atoms with E-state index in [1.165, 1.54) is 18.2 Å². The van der Waals surface area contributed by atoms with Gasteiger partial charge in [-0.2, -0.15) is 0 Å². The van der Waals surface area contributed by atoms with E-state index in [-0.39, 0.29) is 11.9 Å². The Balaban J connectivity index is 1.73. The van der Waals surface area contributed by atoms with E-state index in [2.05, 4.69) is 18.2 Å². The molecule has 1 heterocycles. The van der Waals surface area contributed by atoms with Gasteiger partial charge in [-0.15, -0.1) is 0 Å². The summed E-state index contributed by atoms with van der Waals surface area (Å²) in [5.41, 5.74) is 8.88. The molecule has 1 aliphatic carbocycles. The molecule has 128 valence electrons. The molecule has 0 radical (unpaired) electrons. The summed E-state index contributed by atoms with van der Waals surface area (Å²) in [4.78, 5) is 26.6. The lowest BCUT2D eigenvalue weighted by Crippen LogP contribution is -2.55. The highest BCUT2D eigenvalue weighted by Crippen LogP contribution is 2.33. The van der Waals surface area contributed by atoms with Crippen LogP contribution < -0.4 is 5.73 Å². The number of allylic oxidation sites excluding steroid dienone is 1. The number of amides is 1. The number of nitrogens with two attached hydrogens (primary N) is 1. The summed E-state index contributed by atoms with van der Waals surface area (Å²) in [5.74, 6) is -0.545. The van der Waals surface area contributed by atoms with Gasteiger partial charge in [0.2, 0.25) is 5.91 Å². The van der Waals surface area contributed by atoms with Crippen molar-refractivity contribution < 1.29 is 14.3 Å². The van der Waals surface area contributed by atoms with E-state index in [4.69, 9.17) is 10.5 Å². The number of rotatable bonds is 4. The lowest BCUT2D eigenvalue weighted by Gasteiger charge is -2.34. The Morgan fingerprint density at radius 1 is 1.38 bits per heavy atom. The Morgan fingerprint density at radius 2 is 2.12 bits per heavy atom. The van der Waals surface area contributed by atoms with Crippen molar-refractivity contribution in [1.29, 1.82) is 0 Å². The lowest BCUT2D eigenvalue weighted by molar-refractivity contribution is -0.158. The lowest BCUT2D eigenvalue weighted by atomic mass is 9.96. The average Bonchev–Trinajstić information content (AvgIpc) is 3.18. The van der Waals surface area contributed by atoms with Gasteiger partial charge in [-0.1, -0.05) is 30.3 Å². The van der Waals surface area contributed by atoms with Gasteiger partial charge in [-0.25, -0.2) is 4.79 Å². The highest BCUT2D eigenvalue weighted by molar-refractivity contribution is 5.92. The second-order valence-electron chi connectivity index (χ2n) is 6.76. The highest BCUT2D eigenvalue weighted by Gasteiger charge is 2.47. The largest absolute Gasteiger partial charge is 0.467 e. The fourth-order valence-electron chi connectivity index (χ4n) is 3.82. The maximum atomic E-state index is 12.8. The number of carbonyl (C=O) groups is 2. The quantitative estimate of drug-likeness (QED) is 0.857. The molecule has 24 heavy (non-hydrogen) atoms. The molecular weight excluding hydrogens is 304 g/mol. The Labute approximate surface area is 142 Å². The fourth-order valence-corrected chi connectivity index (χ4v) is 3.82. The molecule has 5 nitrogen and oxygen atoms in total. The Kier molecular flexibility index (Phi) is 4.45. The first kappa shape index (κ1) is 16.7. The van der Waals surface area contributed by atoms with Crippen LogP contribution in [0.2, 0.25) is 0 Å². The van der Waals surface area contributed by atoms with Gasteiger partial charge < -0.3 is 15.4 Å². The zero-order valence-corrected chi connectivity index (χ0v) is 14.2. The van der Waals surface area contributed by atoms with Crippen LogP contribution in [0.25, 0.3) is 5.57 Å². The van der Waals surface area contributed by atoms with Crippen LogP contribution >= 0.6 is 0 Å². The van der Waals surface area contributed by atoms with Crippen LogP contribution in [-0.2, 0) is 20.7 Å². The molecule has 2 aliphatic rings. The van der Waals surface area contributed by atoms with Gasteiger partial charge in [0.25, 0.3) is 0 Å². The molecule has 0 aromatic heterocycles. The van der Waals surface area contributed by atoms with Crippen molar-refractivity contribution in [3.05, 3.63) is 41.5 Å². The van der Waals surface area contributed by atoms with Crippen LogP contribution in [0.4, 0.5) is 0 Å². The summed E-state index contributed by atoms with van der Waals surface area (Å²) in [7, 11) is 1.36. The van der Waals surface area contributed by atoms with Gasteiger partial charge in [0.05, 0.1) is 13.2 Å². The van der Waals surface area contributed by atoms with E-state index in [0.29, 0.717) is 19.4 Å². The van der Waals surface area contributed by atoms with Crippen LogP contribution in [0.3, 0.4) is 0 Å². The van der Waals surface area contributed by atoms with Gasteiger partial charge in [0.15, 0.2) is 0 Å². The van der Waals surface area contributed by atoms with Crippen LogP contribution in [0.5, 0.6) is 0 Å². The van der Waals surface area contributed by atoms with Gasteiger partial charge >= 0.3 is 5.97 Å². The number of benzene rings is 1. The van der Waals surface area contributed by atoms with E-state index >= 15 is 0 Å². The minimum Gasteiger partial charge on any atom is -0.467 e. The summed E-state index contributed by atoms with van der Waals surface area (Å²) < 4.78 is 4.89. The second kappa shape index (κ2) is 6.40. The summed E-state index contributed by atoms with van der Waals surface area (Å²) in [6.45, 7) is 2.31. The predicted octanol–water partition coefficient (Wildman–Crippen LogP) is 1.90. The molecule has 0 saturated carbocycles. The Morgan fingerprint density at radius 3 is 2.88 bits per heavy atom. The predicted molar refractivity (Wildman–Crippen MR) is 92.1 cm³/mol. The van der Waals surface area contributed by atoms with E-state index in [0.717, 1.165) is 18.4 Å². The first-order valence-electron chi connectivity index (χ1n) is 8.40. The summed E-state index contributed by atoms with van der Waals surface area (Å²) in [6.07, 6.45) is 4.92. The molecule has 0 bridgehead atoms. The van der Waals surface area contributed by atoms with Crippen molar-refractivity contribution in [2.75, 3.05) is 13.7 Å². The van der Waals surface area contributed by atoms with E-state index in [1.807, 2.05) is 12.1 Å². The normalized spacial score (nSPS) is 23.6. The number of ether oxygens (including phenoxy) is 1. The minimum atomic E-state index is -0.897. The molecule has 1 fully saturated rings. The number of methoxy groups -OCH3 is 1. The number of hydrogen-bond donors (Lipinski definition) is 1. The monoisotopic (exact) mass is 328 g/mol. The number of esters is 1. The van der Waals surface area contributed by atoms with Crippen molar-refractivity contribution >= 4 is 17.4 Å². The van der Waals surface area contributed by atoms with Crippen molar-refractivity contribution in [1.82, 2.24) is 4.90 Å². The summed E-state index contributed by atoms with van der Waals surface area (Å²) >= 11 is 0. The number of fused-ring (bicyclic) bond motifs is 1. The third kappa shape index (κ3) is 2.73. The van der Waals surface area contributed by atoms with Gasteiger partial charge in [-0.3, -0.25) is 4.79 Å². The molecule has 1 unspecified atom stereocenters. The maximum Gasteiger partial charge on any atom is 0.331 e. The summed E-state index contributed by atoms with van der Waals surface area (Å²) in [6, 6.07) is 7.54. The van der Waals surface area contributed by atoms with E-state index in [9.17, 15) is 9.59 Å². The molecule has 1 saturated heterocycles. The first-order valence-corrected chi connectivity index (χ1v) is 8.40. The van der Waals surface area contributed by atoms with Crippen molar-refractivity contribution in [2.45, 2.75) is 44.2 Å². The third-order valence-electron chi connectivity index (χ3n) is 5.22. The molecule has 2 atom stereocenters. The topological polar surface area (TPSA) is 72.6 Å². The van der Waals surface area contributed by atoms with Gasteiger partial charge in [0, 0.05) is 6.54 Å². The third-order valence-corrected chi connectivity index (χ3v) is 5.22. The second-order valence-corrected chi connectivity index (χ2v) is 6.76. The van der Waals surface area contributed by atoms with Crippen LogP contribution in [-0.4, -0.2) is 42.0 Å². The molecular formula is C19H24N2O3. The summed E-state index contributed by atoms with van der Waals surface area (Å²) in [5, 5.41) is 0. The van der Waals surface area contributed by atoms with Crippen molar-refractivity contribution in [3.8, 4) is 0 Å². The van der Waals surface area contributed by atoms with Gasteiger partial charge in [-0.05, 0) is 49.3 Å². The molecule has 2 N–H and O–H groups in total. The standard InChI is InChI=1S/C19H24N2O3/c1-19(18(23)24-2)10-5-11-21(19)17(22)16(20)12-14-9-8-13-6-3-4-7-15(13)14/h3-4,6-7,9,16H,5,8,10-12,20H2,1-2H3/t16-,19?/m1/s1. The number of hydrogen-bond acceptors (Lipinski definition) is 4. The molecule has 1 aromatic carbocycles. The number of carbonyl (C=O) groups excluding carboxylic acids is 2. The van der Waals surface area contributed by atoms with Crippen molar-refractivity contribution in [2.24, 2.45) is 5.73 Å². The molecule has 3 rings (SSSR count). The molecule has 1 aliphatic heterocycles. The zero-order chi connectivity index (χ0) is 17.3. The van der Waals surface area contributed by atoms with Crippen LogP contribution in [0.15, 0.2) is 30.3 Å². The molecule has 1 amide bonds. The Hall–Kier alpha value is -2.14. The zero-order valence-electron chi connectivity index (χ0n) is 14.2. The van der Waals surface area contributed by atoms with E-state index in [1.54, 1.807) is 11.8 Å². The number of nitrogens with zero attached hydrogens (tertiary/aromatic N) is 1. The van der Waals surface area contributed by atoms with Gasteiger partial charge in [0.1, 0.15) is 5.54 Å². The molecule has 1 aromatic rings. The highest BCUT2D eigenvalue weighted by atomic mass is 16.5. The number of likely N-dealkylation sites (tertiary alicyclic amines) is 1. The SMILES string of the molecule is COC(=O)C1(C)CCCN1C(=O)[C@H](N)CC1=CCc2ccccc21. The molecule has 0 spiro atoms. The van der Waals surface area contributed by atoms with Crippen LogP contribution in [0, 0.1) is 0 Å². The first-order chi connectivity index (χ1) is 11.5. The Bertz CT molecular complexity index is 698. The van der Waals surface area contributed by atoms with Crippen LogP contribution in [0.1, 0.15) is 37.3 Å². The maximum absolute atomic E-state index is 12.8. The van der Waals surface area contributed by atoms with E-state index < -0.39 is 11.6 Å².